The van der Waals surface area contributed by atoms with Crippen molar-refractivity contribution >= 4 is 17.6 Å². The van der Waals surface area contributed by atoms with Gasteiger partial charge < -0.3 is 15.5 Å². The Bertz CT molecular complexity index is 949. The van der Waals surface area contributed by atoms with Crippen molar-refractivity contribution in [2.45, 2.75) is 52.2 Å². The highest BCUT2D eigenvalue weighted by Crippen LogP contribution is 2.26. The van der Waals surface area contributed by atoms with Gasteiger partial charge in [0.1, 0.15) is 11.8 Å². The summed E-state index contributed by atoms with van der Waals surface area (Å²) in [5.41, 5.74) is 8.36. The summed E-state index contributed by atoms with van der Waals surface area (Å²) in [6.07, 6.45) is 8.87. The van der Waals surface area contributed by atoms with Gasteiger partial charge in [-0.25, -0.2) is 9.97 Å². The predicted molar refractivity (Wildman–Crippen MR) is 131 cm³/mol. The van der Waals surface area contributed by atoms with Gasteiger partial charge >= 0.3 is 0 Å². The second-order valence-electron chi connectivity index (χ2n) is 9.45. The molecule has 0 spiro atoms. The summed E-state index contributed by atoms with van der Waals surface area (Å²) >= 11 is 0. The Morgan fingerprint density at radius 1 is 1.06 bits per heavy atom. The van der Waals surface area contributed by atoms with E-state index in [2.05, 4.69) is 25.0 Å². The lowest BCUT2D eigenvalue weighted by atomic mass is 9.88. The lowest BCUT2D eigenvalue weighted by Gasteiger charge is -2.37. The quantitative estimate of drug-likeness (QED) is 0.494. The van der Waals surface area contributed by atoms with Gasteiger partial charge in [-0.15, -0.1) is 0 Å². The lowest BCUT2D eigenvalue weighted by Crippen LogP contribution is -2.46. The molecule has 2 saturated heterocycles. The smallest absolute Gasteiger partial charge is 0.225 e. The number of amides is 1. The molecular formula is C25H35N7O2. The van der Waals surface area contributed by atoms with Crippen molar-refractivity contribution in [3.63, 3.8) is 0 Å². The Morgan fingerprint density at radius 2 is 1.74 bits per heavy atom. The number of oxime groups is 1. The molecule has 0 radical (unpaired) electrons. The molecule has 2 fully saturated rings. The van der Waals surface area contributed by atoms with Crippen LogP contribution in [0.2, 0.25) is 0 Å². The maximum atomic E-state index is 13.2. The minimum absolute atomic E-state index is 0.0128. The maximum absolute atomic E-state index is 13.2. The molecule has 34 heavy (non-hydrogen) atoms. The number of nitrogens with two attached hydrogens (primary N) is 1. The lowest BCUT2D eigenvalue weighted by molar-refractivity contribution is -0.138. The number of pyridine rings is 1. The molecule has 9 nitrogen and oxygen atoms in total. The van der Waals surface area contributed by atoms with Crippen molar-refractivity contribution in [1.29, 1.82) is 0 Å². The van der Waals surface area contributed by atoms with Gasteiger partial charge in [0, 0.05) is 55.6 Å². The van der Waals surface area contributed by atoms with Crippen LogP contribution >= 0.6 is 0 Å². The topological polar surface area (TPSA) is 110 Å². The van der Waals surface area contributed by atoms with Gasteiger partial charge in [0.15, 0.2) is 0 Å². The number of rotatable bonds is 7. The van der Waals surface area contributed by atoms with Crippen molar-refractivity contribution in [3.05, 3.63) is 48.0 Å². The number of piperidine rings is 2. The normalized spacial score (nSPS) is 18.9. The van der Waals surface area contributed by atoms with Gasteiger partial charge in [0.2, 0.25) is 11.9 Å². The third-order valence-electron chi connectivity index (χ3n) is 6.55. The third kappa shape index (κ3) is 6.28. The van der Waals surface area contributed by atoms with Gasteiger partial charge in [-0.05, 0) is 64.8 Å². The summed E-state index contributed by atoms with van der Waals surface area (Å²) in [4.78, 5) is 35.8. The number of carbonyl (C=O) groups excluding carboxylic acids is 1. The highest BCUT2D eigenvalue weighted by Gasteiger charge is 2.33. The second-order valence-corrected chi connectivity index (χ2v) is 9.45. The molecule has 0 bridgehead atoms. The molecule has 182 valence electrons. The van der Waals surface area contributed by atoms with Crippen LogP contribution in [-0.2, 0) is 16.2 Å². The van der Waals surface area contributed by atoms with Crippen LogP contribution in [0, 0.1) is 11.8 Å². The maximum Gasteiger partial charge on any atom is 0.225 e. The van der Waals surface area contributed by atoms with Crippen molar-refractivity contribution in [2.75, 3.05) is 31.9 Å². The highest BCUT2D eigenvalue weighted by molar-refractivity contribution is 6.00. The molecule has 1 amide bonds. The van der Waals surface area contributed by atoms with Crippen LogP contribution in [0.25, 0.3) is 0 Å². The SMILES string of the molecule is CC(C)ON=C(c1ccccn1)C1CCN(C(=O)C2CCN(Cc3cnc(N)nc3)CC2)CC1. The average Bonchev–Trinajstić information content (AvgIpc) is 2.86. The second kappa shape index (κ2) is 11.4. The number of hydrogen-bond acceptors (Lipinski definition) is 8. The Labute approximate surface area is 201 Å². The molecule has 0 aromatic carbocycles. The summed E-state index contributed by atoms with van der Waals surface area (Å²) in [5, 5.41) is 4.45. The van der Waals surface area contributed by atoms with Gasteiger partial charge in [-0.1, -0.05) is 11.2 Å². The van der Waals surface area contributed by atoms with Gasteiger partial charge in [-0.2, -0.15) is 0 Å². The van der Waals surface area contributed by atoms with E-state index in [9.17, 15) is 4.79 Å². The summed E-state index contributed by atoms with van der Waals surface area (Å²) in [6, 6.07) is 5.85. The molecule has 2 aliphatic rings. The van der Waals surface area contributed by atoms with E-state index in [0.717, 1.165) is 75.4 Å². The van der Waals surface area contributed by atoms with Crippen LogP contribution in [0.1, 0.15) is 50.8 Å². The summed E-state index contributed by atoms with van der Waals surface area (Å²) < 4.78 is 0. The molecule has 0 saturated carbocycles. The van der Waals surface area contributed by atoms with E-state index >= 15 is 0 Å². The first-order valence-corrected chi connectivity index (χ1v) is 12.2. The number of hydrogen-bond donors (Lipinski definition) is 1. The summed E-state index contributed by atoms with van der Waals surface area (Å²) in [7, 11) is 0. The molecule has 9 heteroatoms. The van der Waals surface area contributed by atoms with Crippen LogP contribution in [0.4, 0.5) is 5.95 Å². The average molecular weight is 466 g/mol. The third-order valence-corrected chi connectivity index (χ3v) is 6.55. The molecule has 4 rings (SSSR count). The minimum atomic E-state index is 0.0128. The molecule has 0 aliphatic carbocycles. The van der Waals surface area contributed by atoms with Crippen molar-refractivity contribution in [3.8, 4) is 0 Å². The van der Waals surface area contributed by atoms with Crippen LogP contribution in [0.3, 0.4) is 0 Å². The molecule has 0 atom stereocenters. The Kier molecular flexibility index (Phi) is 8.05. The monoisotopic (exact) mass is 465 g/mol. The molecule has 0 unspecified atom stereocenters. The van der Waals surface area contributed by atoms with E-state index in [1.165, 1.54) is 0 Å². The fourth-order valence-electron chi connectivity index (χ4n) is 4.68. The van der Waals surface area contributed by atoms with Gasteiger partial charge in [0.25, 0.3) is 0 Å². The van der Waals surface area contributed by atoms with E-state index in [4.69, 9.17) is 10.6 Å². The molecule has 2 aromatic rings. The zero-order valence-electron chi connectivity index (χ0n) is 20.1. The Hall–Kier alpha value is -3.07. The highest BCUT2D eigenvalue weighted by atomic mass is 16.6. The number of anilines is 1. The summed E-state index contributed by atoms with van der Waals surface area (Å²) in [6.45, 7) is 8.03. The number of aromatic nitrogens is 3. The zero-order chi connectivity index (χ0) is 23.9. The molecule has 2 N–H and O–H groups in total. The fraction of sp³-hybridized carbons (Fsp3) is 0.560. The predicted octanol–water partition coefficient (Wildman–Crippen LogP) is 2.73. The molecule has 2 aliphatic heterocycles. The molecule has 2 aromatic heterocycles. The number of nitrogens with zero attached hydrogens (tertiary/aromatic N) is 6. The van der Waals surface area contributed by atoms with Gasteiger partial charge in [0.05, 0.1) is 5.69 Å². The number of likely N-dealkylation sites (tertiary alicyclic amines) is 2. The molecule has 4 heterocycles. The van der Waals surface area contributed by atoms with Crippen LogP contribution in [-0.4, -0.2) is 68.7 Å². The number of carbonyl (C=O) groups is 1. The fourth-order valence-corrected chi connectivity index (χ4v) is 4.68. The van der Waals surface area contributed by atoms with Crippen molar-refractivity contribution in [2.24, 2.45) is 17.0 Å². The van der Waals surface area contributed by atoms with E-state index in [1.807, 2.05) is 36.9 Å². The van der Waals surface area contributed by atoms with Crippen LogP contribution in [0.5, 0.6) is 0 Å². The number of nitrogen functional groups attached to an aromatic ring is 1. The summed E-state index contributed by atoms with van der Waals surface area (Å²) in [5.74, 6) is 0.928. The van der Waals surface area contributed by atoms with Crippen LogP contribution < -0.4 is 5.73 Å². The van der Waals surface area contributed by atoms with E-state index in [1.54, 1.807) is 18.6 Å². The van der Waals surface area contributed by atoms with Crippen LogP contribution in [0.15, 0.2) is 41.9 Å². The molecular weight excluding hydrogens is 430 g/mol. The van der Waals surface area contributed by atoms with Crippen molar-refractivity contribution in [1.82, 2.24) is 24.8 Å². The zero-order valence-corrected chi connectivity index (χ0v) is 20.1. The standard InChI is InChI=1S/C25H35N7O2/c1-18(2)34-30-23(22-5-3-4-10-27-22)20-8-13-32(14-9-20)24(33)21-6-11-31(12-7-21)17-19-15-28-25(26)29-16-19/h3-5,10,15-16,18,20-21H,6-9,11-14,17H2,1-2H3,(H2,26,28,29). The van der Waals surface area contributed by atoms with Crippen molar-refractivity contribution < 1.29 is 9.63 Å². The van der Waals surface area contributed by atoms with E-state index in [0.29, 0.717) is 11.9 Å². The van der Waals surface area contributed by atoms with E-state index < -0.39 is 0 Å². The largest absolute Gasteiger partial charge is 0.393 e. The minimum Gasteiger partial charge on any atom is -0.393 e. The first-order valence-electron chi connectivity index (χ1n) is 12.2. The first kappa shape index (κ1) is 24.1. The Balaban J connectivity index is 1.28. The Morgan fingerprint density at radius 3 is 2.35 bits per heavy atom. The van der Waals surface area contributed by atoms with Gasteiger partial charge in [-0.3, -0.25) is 14.7 Å². The van der Waals surface area contributed by atoms with E-state index in [-0.39, 0.29) is 17.9 Å². The first-order chi connectivity index (χ1) is 16.5.